The Morgan fingerprint density at radius 1 is 0.347 bits per heavy atom. The van der Waals surface area contributed by atoms with Crippen molar-refractivity contribution >= 4 is 29.2 Å². The number of rotatable bonds is 5. The highest BCUT2D eigenvalue weighted by Crippen LogP contribution is 2.34. The lowest BCUT2D eigenvalue weighted by Crippen LogP contribution is -2.50. The molecule has 232 valence electrons. The van der Waals surface area contributed by atoms with E-state index in [4.69, 9.17) is 15.0 Å². The third-order valence-electron chi connectivity index (χ3n) is 9.91. The third kappa shape index (κ3) is 5.09. The minimum Gasteiger partial charge on any atom is -0.208 e. The molecule has 49 heavy (non-hydrogen) atoms. The minimum atomic E-state index is -2.02. The van der Waals surface area contributed by atoms with Crippen LogP contribution < -0.4 is 10.4 Å². The first-order valence-electron chi connectivity index (χ1n) is 16.8. The summed E-state index contributed by atoms with van der Waals surface area (Å²) in [5.41, 5.74) is 10.3. The molecular formula is C45H33N3Si. The van der Waals surface area contributed by atoms with Crippen molar-refractivity contribution < 1.29 is 0 Å². The molecule has 7 aromatic carbocycles. The topological polar surface area (TPSA) is 38.7 Å². The zero-order valence-corrected chi connectivity index (χ0v) is 28.4. The Kier molecular flexibility index (Phi) is 6.92. The Balaban J connectivity index is 1.20. The van der Waals surface area contributed by atoms with Crippen LogP contribution in [-0.2, 0) is 0 Å². The fourth-order valence-electron chi connectivity index (χ4n) is 7.44. The van der Waals surface area contributed by atoms with Crippen LogP contribution in [0.4, 0.5) is 0 Å². The molecular weight excluding hydrogens is 611 g/mol. The molecule has 0 aliphatic carbocycles. The summed E-state index contributed by atoms with van der Waals surface area (Å²) in [7, 11) is -2.02. The molecule has 4 heteroatoms. The standard InChI is InChI=1S/C45H33N3Si/c1-49(2)41-21-9-8-18-38(41)39-19-11-20-40(42(39)49)45-47-43(46-44(48-45)37-17-10-16-35(29-37)30-12-4-3-5-13-30)33-25-22-32(23-26-33)36-27-24-31-14-6-7-15-34(31)28-36/h3-29H,1-2H3. The van der Waals surface area contributed by atoms with Gasteiger partial charge in [-0.1, -0.05) is 165 Å². The first kappa shape index (κ1) is 29.2. The SMILES string of the molecule is C[Si]1(C)c2ccccc2-c2cccc(-c3nc(-c4ccc(-c5ccc6ccccc6c5)cc4)nc(-c4cccc(-c5ccccc5)c4)n3)c21. The van der Waals surface area contributed by atoms with E-state index in [1.165, 1.54) is 37.8 Å². The Hall–Kier alpha value is -5.97. The van der Waals surface area contributed by atoms with Crippen LogP contribution in [0.3, 0.4) is 0 Å². The Bertz CT molecular complexity index is 2520. The monoisotopic (exact) mass is 643 g/mol. The van der Waals surface area contributed by atoms with Crippen LogP contribution in [-0.4, -0.2) is 23.0 Å². The van der Waals surface area contributed by atoms with Gasteiger partial charge in [0.25, 0.3) is 0 Å². The summed E-state index contributed by atoms with van der Waals surface area (Å²) in [6.07, 6.45) is 0. The maximum Gasteiger partial charge on any atom is 0.164 e. The molecule has 1 aromatic heterocycles. The highest BCUT2D eigenvalue weighted by Gasteiger charge is 2.39. The van der Waals surface area contributed by atoms with Crippen molar-refractivity contribution in [1.82, 2.24) is 15.0 Å². The van der Waals surface area contributed by atoms with E-state index in [0.29, 0.717) is 17.5 Å². The second-order valence-electron chi connectivity index (χ2n) is 13.3. The van der Waals surface area contributed by atoms with Gasteiger partial charge in [-0.25, -0.2) is 15.0 Å². The Morgan fingerprint density at radius 3 is 1.71 bits per heavy atom. The first-order valence-corrected chi connectivity index (χ1v) is 19.8. The number of nitrogens with zero attached hydrogens (tertiary/aromatic N) is 3. The van der Waals surface area contributed by atoms with Gasteiger partial charge in [0.15, 0.2) is 17.5 Å². The molecule has 0 radical (unpaired) electrons. The molecule has 0 saturated heterocycles. The zero-order valence-electron chi connectivity index (χ0n) is 27.4. The van der Waals surface area contributed by atoms with E-state index >= 15 is 0 Å². The van der Waals surface area contributed by atoms with Gasteiger partial charge in [0.1, 0.15) is 8.07 Å². The lowest BCUT2D eigenvalue weighted by atomic mass is 10.00. The molecule has 9 rings (SSSR count). The largest absolute Gasteiger partial charge is 0.208 e. The molecule has 8 aromatic rings. The molecule has 0 spiro atoms. The van der Waals surface area contributed by atoms with Crippen molar-refractivity contribution in [3.05, 3.63) is 164 Å². The summed E-state index contributed by atoms with van der Waals surface area (Å²) in [4.78, 5) is 15.6. The number of hydrogen-bond acceptors (Lipinski definition) is 3. The molecule has 3 nitrogen and oxygen atoms in total. The van der Waals surface area contributed by atoms with E-state index in [0.717, 1.165) is 33.4 Å². The maximum atomic E-state index is 5.23. The number of aromatic nitrogens is 3. The smallest absolute Gasteiger partial charge is 0.164 e. The molecule has 2 heterocycles. The van der Waals surface area contributed by atoms with E-state index in [-0.39, 0.29) is 0 Å². The summed E-state index contributed by atoms with van der Waals surface area (Å²) in [6, 6.07) is 58.2. The van der Waals surface area contributed by atoms with Crippen molar-refractivity contribution in [1.29, 1.82) is 0 Å². The predicted molar refractivity (Wildman–Crippen MR) is 207 cm³/mol. The lowest BCUT2D eigenvalue weighted by Gasteiger charge is -2.22. The van der Waals surface area contributed by atoms with Gasteiger partial charge in [0, 0.05) is 16.7 Å². The highest BCUT2D eigenvalue weighted by atomic mass is 28.3. The van der Waals surface area contributed by atoms with Crippen LogP contribution in [0.1, 0.15) is 0 Å². The van der Waals surface area contributed by atoms with Crippen molar-refractivity contribution in [2.75, 3.05) is 0 Å². The van der Waals surface area contributed by atoms with Gasteiger partial charge in [-0.2, -0.15) is 0 Å². The molecule has 0 bridgehead atoms. The van der Waals surface area contributed by atoms with Gasteiger partial charge in [-0.3, -0.25) is 0 Å². The van der Waals surface area contributed by atoms with E-state index in [1.807, 2.05) is 6.07 Å². The zero-order chi connectivity index (χ0) is 33.0. The first-order chi connectivity index (χ1) is 24.0. The molecule has 0 amide bonds. The van der Waals surface area contributed by atoms with Gasteiger partial charge in [0.2, 0.25) is 0 Å². The average Bonchev–Trinajstić information content (AvgIpc) is 3.41. The van der Waals surface area contributed by atoms with Gasteiger partial charge < -0.3 is 0 Å². The highest BCUT2D eigenvalue weighted by molar-refractivity contribution is 7.04. The maximum absolute atomic E-state index is 5.23. The average molecular weight is 644 g/mol. The van der Waals surface area contributed by atoms with Crippen LogP contribution in [0.2, 0.25) is 13.1 Å². The molecule has 1 aliphatic rings. The lowest BCUT2D eigenvalue weighted by molar-refractivity contribution is 1.08. The van der Waals surface area contributed by atoms with E-state index in [2.05, 4.69) is 171 Å². The quantitative estimate of drug-likeness (QED) is 0.175. The summed E-state index contributed by atoms with van der Waals surface area (Å²) >= 11 is 0. The molecule has 0 atom stereocenters. The van der Waals surface area contributed by atoms with Gasteiger partial charge in [0.05, 0.1) is 0 Å². The Labute approximate surface area is 287 Å². The number of benzene rings is 7. The van der Waals surface area contributed by atoms with Crippen molar-refractivity contribution in [2.45, 2.75) is 13.1 Å². The van der Waals surface area contributed by atoms with Crippen LogP contribution in [0, 0.1) is 0 Å². The van der Waals surface area contributed by atoms with Gasteiger partial charge in [-0.05, 0) is 66.7 Å². The van der Waals surface area contributed by atoms with E-state index < -0.39 is 8.07 Å². The van der Waals surface area contributed by atoms with Gasteiger partial charge in [-0.15, -0.1) is 0 Å². The summed E-state index contributed by atoms with van der Waals surface area (Å²) in [5, 5.41) is 5.33. The van der Waals surface area contributed by atoms with Gasteiger partial charge >= 0.3 is 0 Å². The number of hydrogen-bond donors (Lipinski definition) is 0. The second-order valence-corrected chi connectivity index (χ2v) is 17.6. The van der Waals surface area contributed by atoms with E-state index in [9.17, 15) is 0 Å². The van der Waals surface area contributed by atoms with E-state index in [1.54, 1.807) is 0 Å². The third-order valence-corrected chi connectivity index (χ3v) is 13.5. The molecule has 0 fully saturated rings. The van der Waals surface area contributed by atoms with Crippen LogP contribution in [0.25, 0.3) is 78.3 Å². The normalized spacial score (nSPS) is 12.9. The number of fused-ring (bicyclic) bond motifs is 4. The van der Waals surface area contributed by atoms with Crippen molar-refractivity contribution in [3.8, 4) is 67.5 Å². The second kappa shape index (κ2) is 11.6. The summed E-state index contributed by atoms with van der Waals surface area (Å²) < 4.78 is 0. The summed E-state index contributed by atoms with van der Waals surface area (Å²) in [6.45, 7) is 4.89. The van der Waals surface area contributed by atoms with Crippen LogP contribution >= 0.6 is 0 Å². The predicted octanol–water partition coefficient (Wildman–Crippen LogP) is 10.2. The minimum absolute atomic E-state index is 0.669. The molecule has 0 saturated carbocycles. The van der Waals surface area contributed by atoms with Crippen LogP contribution in [0.15, 0.2) is 164 Å². The van der Waals surface area contributed by atoms with Crippen molar-refractivity contribution in [3.63, 3.8) is 0 Å². The molecule has 0 unspecified atom stereocenters. The fraction of sp³-hybridized carbons (Fsp3) is 0.0444. The summed E-state index contributed by atoms with van der Waals surface area (Å²) in [5.74, 6) is 2.06. The fourth-order valence-corrected chi connectivity index (χ4v) is 10.9. The van der Waals surface area contributed by atoms with Crippen molar-refractivity contribution in [2.24, 2.45) is 0 Å². The Morgan fingerprint density at radius 2 is 0.878 bits per heavy atom. The molecule has 1 aliphatic heterocycles. The van der Waals surface area contributed by atoms with Crippen LogP contribution in [0.5, 0.6) is 0 Å². The molecule has 0 N–H and O–H groups in total.